The van der Waals surface area contributed by atoms with E-state index in [1.54, 1.807) is 48.2 Å². The van der Waals surface area contributed by atoms with Crippen LogP contribution in [0, 0.1) is 0 Å². The van der Waals surface area contributed by atoms with E-state index in [-0.39, 0.29) is 43.9 Å². The Morgan fingerprint density at radius 3 is 1.92 bits per heavy atom. The van der Waals surface area contributed by atoms with Crippen molar-refractivity contribution in [3.05, 3.63) is 129 Å². The van der Waals surface area contributed by atoms with Crippen molar-refractivity contribution in [1.29, 1.82) is 0 Å². The van der Waals surface area contributed by atoms with E-state index < -0.39 is 25.8 Å². The predicted octanol–water partition coefficient (Wildman–Crippen LogP) is 8.04. The van der Waals surface area contributed by atoms with Gasteiger partial charge in [0.1, 0.15) is 21.5 Å². The number of hydrogen-bond acceptors (Lipinski definition) is 10. The molecule has 0 aliphatic carbocycles. The van der Waals surface area contributed by atoms with Crippen LogP contribution in [0.25, 0.3) is 0 Å². The van der Waals surface area contributed by atoms with Crippen LogP contribution >= 0.6 is 23.2 Å². The molecule has 3 heterocycles. The van der Waals surface area contributed by atoms with Crippen molar-refractivity contribution in [2.75, 3.05) is 50.1 Å². The highest BCUT2D eigenvalue weighted by Crippen LogP contribution is 2.30. The van der Waals surface area contributed by atoms with E-state index in [0.717, 1.165) is 65.0 Å². The van der Waals surface area contributed by atoms with Gasteiger partial charge in [-0.1, -0.05) is 111 Å². The molecule has 63 heavy (non-hydrogen) atoms. The smallest absolute Gasteiger partial charge is 0.400 e. The molecule has 2 atom stereocenters. The Bertz CT molecular complexity index is 2510. The number of amides is 2. The Balaban J connectivity index is 0.000000200. The van der Waals surface area contributed by atoms with E-state index in [4.69, 9.17) is 23.2 Å². The number of benzene rings is 4. The zero-order valence-electron chi connectivity index (χ0n) is 35.9. The molecule has 7 rings (SSSR count). The van der Waals surface area contributed by atoms with Crippen LogP contribution in [-0.4, -0.2) is 101 Å². The van der Waals surface area contributed by atoms with E-state index in [9.17, 15) is 31.0 Å². The van der Waals surface area contributed by atoms with Crippen molar-refractivity contribution in [1.82, 2.24) is 0 Å². The van der Waals surface area contributed by atoms with Crippen molar-refractivity contribution >= 4 is 78.3 Å². The third-order valence-corrected chi connectivity index (χ3v) is 13.3. The minimum atomic E-state index is -4.50. The second-order valence-electron chi connectivity index (χ2n) is 15.3. The molecule has 0 aromatic heterocycles. The fraction of sp³-hybridized carbons (Fsp3) is 0.391. The number of halogens is 2. The monoisotopic (exact) mass is 940 g/mol. The molecule has 3 aliphatic rings. The van der Waals surface area contributed by atoms with Gasteiger partial charge in [0, 0.05) is 53.8 Å². The first-order valence-electron chi connectivity index (χ1n) is 20.9. The molecule has 17 heteroatoms. The maximum atomic E-state index is 12.7. The molecular formula is C46H54Cl2N4O9S2. The number of nitrogens with zero attached hydrogens (tertiary/aromatic N) is 4. The molecule has 338 valence electrons. The molecule has 0 N–H and O–H groups in total. The Hall–Kier alpha value is -4.48. The molecule has 4 aromatic rings. The average Bonchev–Trinajstić information content (AvgIpc) is 3.62. The highest BCUT2D eigenvalue weighted by atomic mass is 35.5. The van der Waals surface area contributed by atoms with Crippen molar-refractivity contribution in [3.63, 3.8) is 0 Å². The van der Waals surface area contributed by atoms with Crippen LogP contribution in [0.15, 0.2) is 102 Å². The quantitative estimate of drug-likeness (QED) is 0.107. The number of fused-ring (bicyclic) bond motifs is 2. The lowest BCUT2D eigenvalue weighted by Crippen LogP contribution is -2.40. The molecule has 1 saturated heterocycles. The highest BCUT2D eigenvalue weighted by molar-refractivity contribution is 7.86. The van der Waals surface area contributed by atoms with Crippen LogP contribution in [0.3, 0.4) is 0 Å². The van der Waals surface area contributed by atoms with Crippen molar-refractivity contribution in [3.8, 4) is 0 Å². The van der Waals surface area contributed by atoms with Gasteiger partial charge in [0.2, 0.25) is 17.5 Å². The Morgan fingerprint density at radius 2 is 1.37 bits per heavy atom. The topological polar surface area (TPSA) is 166 Å². The summed E-state index contributed by atoms with van der Waals surface area (Å²) in [6.45, 7) is 5.00. The zero-order chi connectivity index (χ0) is 45.7. The maximum absolute atomic E-state index is 12.7. The molecular weight excluding hydrogens is 888 g/mol. The molecule has 0 saturated carbocycles. The van der Waals surface area contributed by atoms with Gasteiger partial charge in [0.15, 0.2) is 13.1 Å². The van der Waals surface area contributed by atoms with Crippen LogP contribution < -0.4 is 9.80 Å². The van der Waals surface area contributed by atoms with Gasteiger partial charge in [0.05, 0.1) is 35.7 Å². The Morgan fingerprint density at radius 1 is 0.810 bits per heavy atom. The van der Waals surface area contributed by atoms with Gasteiger partial charge in [-0.3, -0.25) is 14.6 Å². The van der Waals surface area contributed by atoms with E-state index >= 15 is 0 Å². The van der Waals surface area contributed by atoms with Gasteiger partial charge in [-0.15, -0.1) is 0 Å². The lowest BCUT2D eigenvalue weighted by molar-refractivity contribution is -0.525. The first-order chi connectivity index (χ1) is 30.0. The van der Waals surface area contributed by atoms with Gasteiger partial charge in [0.25, 0.3) is 0 Å². The Labute approximate surface area is 381 Å². The molecule has 3 aliphatic heterocycles. The average molecular weight is 942 g/mol. The minimum Gasteiger partial charge on any atom is -0.748 e. The number of rotatable bonds is 11. The molecule has 0 spiro atoms. The number of unbranched alkanes of at least 4 members (excludes halogenated alkanes) is 2. The van der Waals surface area contributed by atoms with Crippen LogP contribution in [0.5, 0.6) is 0 Å². The van der Waals surface area contributed by atoms with Crippen molar-refractivity contribution in [2.45, 2.75) is 76.6 Å². The first-order valence-corrected chi connectivity index (χ1v) is 24.5. The summed E-state index contributed by atoms with van der Waals surface area (Å²) in [7, 11) is -4.61. The standard InChI is InChI=1S/C23H27ClN2O4S.C17H15ClN2O.C6H12O4S/c1-3-4-10-19(31(28,29)30)16-26-14-13-22(27)25(2)21-12-11-18(24)15-20(21)23(26)17-8-6-5-7-9-17;1-20-15-8-7-13(18)11-14(15)17(19-10-9-16(20)21)12-5-3-2-4-6-12;1-2-3-4-6-5-9-11(7,8)10-6/h5-9,11-12,15,19H,3-4,10,13-14,16H2,1-2H3;2-8,11H,9-10H2,1H3;6H,2-5H2,1H3. The lowest BCUT2D eigenvalue weighted by atomic mass is 9.97. The summed E-state index contributed by atoms with van der Waals surface area (Å²) >= 11 is 12.5. The SMILES string of the molecule is CCCCC(C[N+]1=C(c2ccccc2)c2cc(Cl)ccc2N(C)C(=O)CC1)S(=O)(=O)[O-].CCCCC1COS(=O)(=O)O1.CN1C(=O)CCN=C(c2ccccc2)c2cc(Cl)ccc21. The minimum absolute atomic E-state index is 0.0268. The van der Waals surface area contributed by atoms with E-state index in [1.807, 2.05) is 91.2 Å². The number of carbonyl (C=O) groups is 2. The van der Waals surface area contributed by atoms with Gasteiger partial charge < -0.3 is 14.4 Å². The van der Waals surface area contributed by atoms with Crippen molar-refractivity contribution < 1.29 is 43.9 Å². The van der Waals surface area contributed by atoms with Crippen LogP contribution in [0.4, 0.5) is 11.4 Å². The molecule has 4 aromatic carbocycles. The summed E-state index contributed by atoms with van der Waals surface area (Å²) in [5.74, 6) is -0.0230. The maximum Gasteiger partial charge on any atom is 0.400 e. The summed E-state index contributed by atoms with van der Waals surface area (Å²) in [5, 5.41) is 0.0902. The second-order valence-corrected chi connectivity index (χ2v) is 19.1. The van der Waals surface area contributed by atoms with Crippen molar-refractivity contribution in [2.24, 2.45) is 4.99 Å². The van der Waals surface area contributed by atoms with E-state index in [2.05, 4.69) is 13.4 Å². The van der Waals surface area contributed by atoms with Crippen LogP contribution in [0.2, 0.25) is 10.0 Å². The lowest BCUT2D eigenvalue weighted by Gasteiger charge is -2.26. The Kier molecular flexibility index (Phi) is 18.0. The fourth-order valence-electron chi connectivity index (χ4n) is 7.35. The summed E-state index contributed by atoms with van der Waals surface area (Å²) < 4.78 is 68.1. The van der Waals surface area contributed by atoms with E-state index in [1.165, 1.54) is 0 Å². The molecule has 1 fully saturated rings. The number of hydrogen-bond donors (Lipinski definition) is 0. The molecule has 13 nitrogen and oxygen atoms in total. The predicted molar refractivity (Wildman–Crippen MR) is 248 cm³/mol. The highest BCUT2D eigenvalue weighted by Gasteiger charge is 2.33. The third kappa shape index (κ3) is 13.8. The largest absolute Gasteiger partial charge is 0.748 e. The first kappa shape index (κ1) is 49.5. The third-order valence-electron chi connectivity index (χ3n) is 10.7. The second kappa shape index (κ2) is 22.9. The molecule has 2 unspecified atom stereocenters. The summed E-state index contributed by atoms with van der Waals surface area (Å²) in [5.41, 5.74) is 6.70. The summed E-state index contributed by atoms with van der Waals surface area (Å²) in [4.78, 5) is 32.7. The van der Waals surface area contributed by atoms with Crippen LogP contribution in [0.1, 0.15) is 87.5 Å². The number of aliphatic imine (C=N–C) groups is 1. The van der Waals surface area contributed by atoms with Gasteiger partial charge in [-0.05, 0) is 61.4 Å². The molecule has 2 amide bonds. The van der Waals surface area contributed by atoms with Crippen LogP contribution in [-0.2, 0) is 38.5 Å². The number of carbonyl (C=O) groups excluding carboxylic acids is 2. The zero-order valence-corrected chi connectivity index (χ0v) is 39.1. The molecule has 0 radical (unpaired) electrons. The molecule has 0 bridgehead atoms. The normalized spacial score (nSPS) is 18.0. The van der Waals surface area contributed by atoms with Gasteiger partial charge in [-0.25, -0.2) is 21.4 Å². The van der Waals surface area contributed by atoms with Gasteiger partial charge in [-0.2, -0.15) is 8.42 Å². The summed E-state index contributed by atoms with van der Waals surface area (Å²) in [6, 6.07) is 30.4. The fourth-order valence-corrected chi connectivity index (χ4v) is 9.38. The summed E-state index contributed by atoms with van der Waals surface area (Å²) in [6.07, 6.45) is 4.87. The number of anilines is 2. The van der Waals surface area contributed by atoms with Gasteiger partial charge >= 0.3 is 10.4 Å². The van der Waals surface area contributed by atoms with E-state index in [0.29, 0.717) is 41.7 Å².